The van der Waals surface area contributed by atoms with Crippen LogP contribution in [0.1, 0.15) is 80.4 Å². The molecule has 2 heterocycles. The van der Waals surface area contributed by atoms with Crippen molar-refractivity contribution in [1.82, 2.24) is 4.98 Å². The second-order valence-corrected chi connectivity index (χ2v) is 12.8. The van der Waals surface area contributed by atoms with Gasteiger partial charge in [-0.15, -0.1) is 0 Å². The summed E-state index contributed by atoms with van der Waals surface area (Å²) in [6, 6.07) is 15.5. The number of benzene rings is 2. The molecule has 0 bridgehead atoms. The average molecular weight is 455 g/mol. The van der Waals surface area contributed by atoms with Gasteiger partial charge in [-0.1, -0.05) is 77.9 Å². The fourth-order valence-corrected chi connectivity index (χ4v) is 5.81. The summed E-state index contributed by atoms with van der Waals surface area (Å²) >= 11 is 0. The van der Waals surface area contributed by atoms with Crippen molar-refractivity contribution in [2.75, 3.05) is 0 Å². The van der Waals surface area contributed by atoms with Crippen LogP contribution in [0.25, 0.3) is 22.0 Å². The Bertz CT molecular complexity index is 1290. The van der Waals surface area contributed by atoms with Gasteiger partial charge < -0.3 is 9.31 Å². The van der Waals surface area contributed by atoms with Gasteiger partial charge in [0, 0.05) is 22.6 Å². The number of nitrogens with zero attached hydrogens (tertiary/aromatic N) is 1. The van der Waals surface area contributed by atoms with Crippen LogP contribution >= 0.6 is 0 Å². The van der Waals surface area contributed by atoms with E-state index in [0.717, 1.165) is 27.5 Å². The molecule has 5 rings (SSSR count). The van der Waals surface area contributed by atoms with E-state index in [1.807, 2.05) is 6.20 Å². The van der Waals surface area contributed by atoms with Gasteiger partial charge in [0.15, 0.2) is 0 Å². The van der Waals surface area contributed by atoms with Crippen LogP contribution in [0.4, 0.5) is 0 Å². The fourth-order valence-electron chi connectivity index (χ4n) is 5.81. The number of hydrogen-bond donors (Lipinski definition) is 0. The summed E-state index contributed by atoms with van der Waals surface area (Å²) in [5, 5.41) is 2.26. The Hall–Kier alpha value is -2.17. The number of hydrogen-bond acceptors (Lipinski definition) is 3. The lowest BCUT2D eigenvalue weighted by Crippen LogP contribution is -2.42. The van der Waals surface area contributed by atoms with Gasteiger partial charge >= 0.3 is 7.12 Å². The molecule has 1 aromatic heterocycles. The normalized spacial score (nSPS) is 23.3. The van der Waals surface area contributed by atoms with Crippen molar-refractivity contribution in [3.8, 4) is 11.3 Å². The Balaban J connectivity index is 1.65. The molecule has 4 heteroatoms. The Morgan fingerprint density at radius 1 is 0.676 bits per heavy atom. The van der Waals surface area contributed by atoms with Crippen LogP contribution in [0.2, 0.25) is 0 Å². The van der Waals surface area contributed by atoms with E-state index in [1.165, 1.54) is 11.1 Å². The maximum atomic E-state index is 6.38. The highest BCUT2D eigenvalue weighted by Gasteiger charge is 2.57. The van der Waals surface area contributed by atoms with Gasteiger partial charge in [0.25, 0.3) is 0 Å². The molecule has 3 nitrogen and oxygen atoms in total. The molecule has 0 spiro atoms. The van der Waals surface area contributed by atoms with Gasteiger partial charge in [-0.2, -0.15) is 0 Å². The first-order valence-corrected chi connectivity index (χ1v) is 12.5. The van der Waals surface area contributed by atoms with Crippen molar-refractivity contribution in [2.24, 2.45) is 5.41 Å². The molecule has 1 aliphatic heterocycles. The van der Waals surface area contributed by atoms with Crippen molar-refractivity contribution >= 4 is 23.4 Å². The first-order valence-electron chi connectivity index (χ1n) is 12.5. The lowest BCUT2D eigenvalue weighted by Gasteiger charge is -2.44. The highest BCUT2D eigenvalue weighted by Crippen LogP contribution is 2.61. The molecule has 0 unspecified atom stereocenters. The lowest BCUT2D eigenvalue weighted by atomic mass is 9.59. The van der Waals surface area contributed by atoms with Crippen LogP contribution in [0.3, 0.4) is 0 Å². The largest absolute Gasteiger partial charge is 0.497 e. The Labute approximate surface area is 205 Å². The van der Waals surface area contributed by atoms with Crippen LogP contribution in [0.5, 0.6) is 0 Å². The minimum absolute atomic E-state index is 0.0558. The van der Waals surface area contributed by atoms with Crippen molar-refractivity contribution < 1.29 is 9.31 Å². The molecule has 0 N–H and O–H groups in total. The summed E-state index contributed by atoms with van der Waals surface area (Å²) in [5.74, 6) is 0. The highest BCUT2D eigenvalue weighted by atomic mass is 16.7. The van der Waals surface area contributed by atoms with E-state index in [1.54, 1.807) is 0 Å². The van der Waals surface area contributed by atoms with Crippen molar-refractivity contribution in [3.63, 3.8) is 0 Å². The molecule has 0 saturated carbocycles. The lowest BCUT2D eigenvalue weighted by molar-refractivity contribution is 0.00578. The molecule has 0 amide bonds. The van der Waals surface area contributed by atoms with Crippen molar-refractivity contribution in [3.05, 3.63) is 59.8 Å². The summed E-state index contributed by atoms with van der Waals surface area (Å²) in [7, 11) is -0.433. The van der Waals surface area contributed by atoms with E-state index in [-0.39, 0.29) is 27.4 Å². The van der Waals surface area contributed by atoms with Gasteiger partial charge in [0.2, 0.25) is 0 Å². The third-order valence-corrected chi connectivity index (χ3v) is 10.1. The minimum atomic E-state index is -0.433. The molecule has 2 aromatic carbocycles. The summed E-state index contributed by atoms with van der Waals surface area (Å²) in [5.41, 5.74) is 5.56. The zero-order chi connectivity index (χ0) is 24.9. The van der Waals surface area contributed by atoms with E-state index >= 15 is 0 Å². The predicted molar refractivity (Wildman–Crippen MR) is 143 cm³/mol. The molecule has 3 aromatic rings. The Morgan fingerprint density at radius 2 is 1.24 bits per heavy atom. The molecule has 2 aliphatic rings. The predicted octanol–water partition coefficient (Wildman–Crippen LogP) is 6.80. The first kappa shape index (κ1) is 23.6. The molecule has 1 fully saturated rings. The molecular formula is C30H38BNO2. The second-order valence-electron chi connectivity index (χ2n) is 12.8. The van der Waals surface area contributed by atoms with E-state index in [4.69, 9.17) is 14.3 Å². The van der Waals surface area contributed by atoms with Gasteiger partial charge in [-0.05, 0) is 66.5 Å². The first-order chi connectivity index (χ1) is 15.6. The summed E-state index contributed by atoms with van der Waals surface area (Å²) in [4.78, 5) is 5.00. The van der Waals surface area contributed by atoms with E-state index in [9.17, 15) is 0 Å². The highest BCUT2D eigenvalue weighted by molar-refractivity contribution is 6.65. The van der Waals surface area contributed by atoms with Gasteiger partial charge in [0.05, 0.1) is 16.9 Å². The van der Waals surface area contributed by atoms with Gasteiger partial charge in [-0.25, -0.2) is 0 Å². The molecule has 0 radical (unpaired) electrons. The number of aromatic nitrogens is 1. The maximum Gasteiger partial charge on any atom is 0.497 e. The SMILES string of the molecule is CC1(C)OB(c2cnc(-c3ccc4c(c3)C(C)(C)C(C)(C)C4(C)C)c3ccccc23)OC1(C)C. The number of fused-ring (bicyclic) bond motifs is 2. The quantitative estimate of drug-likeness (QED) is 0.399. The van der Waals surface area contributed by atoms with Gasteiger partial charge in [-0.3, -0.25) is 4.98 Å². The smallest absolute Gasteiger partial charge is 0.399 e. The molecule has 1 saturated heterocycles. The third kappa shape index (κ3) is 2.94. The average Bonchev–Trinajstić information content (AvgIpc) is 3.03. The fraction of sp³-hybridized carbons (Fsp3) is 0.500. The van der Waals surface area contributed by atoms with Crippen LogP contribution in [0, 0.1) is 5.41 Å². The summed E-state index contributed by atoms with van der Waals surface area (Å²) < 4.78 is 12.8. The molecule has 0 atom stereocenters. The van der Waals surface area contributed by atoms with Crippen LogP contribution < -0.4 is 5.46 Å². The van der Waals surface area contributed by atoms with E-state index < -0.39 is 7.12 Å². The third-order valence-electron chi connectivity index (χ3n) is 10.1. The maximum absolute atomic E-state index is 6.38. The summed E-state index contributed by atoms with van der Waals surface area (Å²) in [6.07, 6.45) is 1.95. The molecule has 34 heavy (non-hydrogen) atoms. The monoisotopic (exact) mass is 455 g/mol. The summed E-state index contributed by atoms with van der Waals surface area (Å²) in [6.45, 7) is 22.7. The molecule has 178 valence electrons. The molecule has 1 aliphatic carbocycles. The molecular weight excluding hydrogens is 417 g/mol. The van der Waals surface area contributed by atoms with E-state index in [2.05, 4.69) is 112 Å². The van der Waals surface area contributed by atoms with Crippen LogP contribution in [-0.4, -0.2) is 23.3 Å². The Kier molecular flexibility index (Phi) is 4.82. The second kappa shape index (κ2) is 6.95. The Morgan fingerprint density at radius 3 is 1.85 bits per heavy atom. The number of rotatable bonds is 2. The van der Waals surface area contributed by atoms with Crippen molar-refractivity contribution in [1.29, 1.82) is 0 Å². The zero-order valence-corrected chi connectivity index (χ0v) is 22.5. The topological polar surface area (TPSA) is 31.4 Å². The zero-order valence-electron chi connectivity index (χ0n) is 22.5. The standard InChI is InChI=1S/C30H38BNO2/c1-26(2)22-16-15-19(17-23(22)27(3,4)28(26,5)6)25-21-14-12-11-13-20(21)24(18-32-25)31-33-29(7,8)30(9,10)34-31/h11-18H,1-10H3. The minimum Gasteiger partial charge on any atom is -0.399 e. The van der Waals surface area contributed by atoms with Crippen LogP contribution in [-0.2, 0) is 20.1 Å². The van der Waals surface area contributed by atoms with Crippen LogP contribution in [0.15, 0.2) is 48.7 Å². The van der Waals surface area contributed by atoms with Crippen molar-refractivity contribution in [2.45, 2.75) is 91.3 Å². The van der Waals surface area contributed by atoms with E-state index in [0.29, 0.717) is 0 Å². The van der Waals surface area contributed by atoms with Gasteiger partial charge in [0.1, 0.15) is 0 Å². The number of pyridine rings is 1.